The Balaban J connectivity index is 1.92. The zero-order valence-electron chi connectivity index (χ0n) is 9.78. The molecule has 18 heavy (non-hydrogen) atoms. The lowest BCUT2D eigenvalue weighted by atomic mass is 10.1. The highest BCUT2D eigenvalue weighted by molar-refractivity contribution is 5.90. The molecule has 2 N–H and O–H groups in total. The molecule has 4 heteroatoms. The Hall–Kier alpha value is -2.20. The number of hydrogen-bond acceptors (Lipinski definition) is 3. The van der Waals surface area contributed by atoms with Crippen LogP contribution >= 0.6 is 0 Å². The van der Waals surface area contributed by atoms with E-state index in [1.54, 1.807) is 36.5 Å². The fourth-order valence-electron chi connectivity index (χ4n) is 1.60. The summed E-state index contributed by atoms with van der Waals surface area (Å²) in [5.74, 6) is 0.229. The molecule has 0 saturated heterocycles. The molecule has 0 aliphatic carbocycles. The first-order valence-electron chi connectivity index (χ1n) is 5.69. The molecule has 92 valence electrons. The summed E-state index contributed by atoms with van der Waals surface area (Å²) in [6.07, 6.45) is 0.819. The number of rotatable bonds is 4. The minimum Gasteiger partial charge on any atom is -0.388 e. The van der Waals surface area contributed by atoms with Crippen molar-refractivity contribution in [3.63, 3.8) is 0 Å². The van der Waals surface area contributed by atoms with Crippen LogP contribution < -0.4 is 5.32 Å². The Bertz CT molecular complexity index is 500. The number of pyridine rings is 1. The molecule has 2 rings (SSSR count). The Labute approximate surface area is 105 Å². The second-order valence-electron chi connectivity index (χ2n) is 3.89. The average molecular weight is 242 g/mol. The van der Waals surface area contributed by atoms with Gasteiger partial charge in [-0.25, -0.2) is 4.98 Å². The summed E-state index contributed by atoms with van der Waals surface area (Å²) in [5.41, 5.74) is 0.730. The van der Waals surface area contributed by atoms with Gasteiger partial charge < -0.3 is 10.4 Å². The molecule has 1 amide bonds. The third-order valence-corrected chi connectivity index (χ3v) is 2.50. The van der Waals surface area contributed by atoms with E-state index in [0.29, 0.717) is 5.82 Å². The molecule has 0 bridgehead atoms. The first kappa shape index (κ1) is 12.3. The van der Waals surface area contributed by atoms with Gasteiger partial charge in [-0.2, -0.15) is 0 Å². The van der Waals surface area contributed by atoms with E-state index in [0.717, 1.165) is 5.56 Å². The van der Waals surface area contributed by atoms with Gasteiger partial charge in [0.2, 0.25) is 5.91 Å². The van der Waals surface area contributed by atoms with Gasteiger partial charge in [0, 0.05) is 6.20 Å². The van der Waals surface area contributed by atoms with Crippen LogP contribution in [-0.4, -0.2) is 16.0 Å². The number of nitrogens with one attached hydrogen (secondary N) is 1. The Kier molecular flexibility index (Phi) is 4.04. The number of aliphatic hydroxyl groups is 1. The predicted molar refractivity (Wildman–Crippen MR) is 68.9 cm³/mol. The summed E-state index contributed by atoms with van der Waals surface area (Å²) in [5, 5.41) is 12.5. The maximum Gasteiger partial charge on any atom is 0.228 e. The summed E-state index contributed by atoms with van der Waals surface area (Å²) in [7, 11) is 0. The smallest absolute Gasteiger partial charge is 0.228 e. The number of aromatic nitrogens is 1. The standard InChI is InChI=1S/C14H14N2O2/c17-12(11-6-2-1-3-7-11)10-14(18)16-13-8-4-5-9-15-13/h1-9,12,17H,10H2,(H,15,16,18)/t12-/m1/s1. The van der Waals surface area contributed by atoms with Crippen LogP contribution in [0.2, 0.25) is 0 Å². The number of hydrogen-bond donors (Lipinski definition) is 2. The third kappa shape index (κ3) is 3.40. The zero-order valence-corrected chi connectivity index (χ0v) is 9.78. The number of amides is 1. The first-order chi connectivity index (χ1) is 8.75. The van der Waals surface area contributed by atoms with Gasteiger partial charge in [0.1, 0.15) is 5.82 Å². The largest absolute Gasteiger partial charge is 0.388 e. The van der Waals surface area contributed by atoms with Crippen molar-refractivity contribution in [1.29, 1.82) is 0 Å². The molecule has 0 radical (unpaired) electrons. The van der Waals surface area contributed by atoms with E-state index in [9.17, 15) is 9.90 Å². The summed E-state index contributed by atoms with van der Waals surface area (Å²) in [4.78, 5) is 15.7. The molecule has 2 aromatic rings. The molecule has 4 nitrogen and oxygen atoms in total. The second kappa shape index (κ2) is 5.93. The van der Waals surface area contributed by atoms with Crippen molar-refractivity contribution in [2.75, 3.05) is 5.32 Å². The predicted octanol–water partition coefficient (Wildman–Crippen LogP) is 2.14. The van der Waals surface area contributed by atoms with Gasteiger partial charge in [0.15, 0.2) is 0 Å². The molecule has 0 aliphatic heterocycles. The Morgan fingerprint density at radius 2 is 1.89 bits per heavy atom. The SMILES string of the molecule is O=C(C[C@@H](O)c1ccccc1)Nc1ccccn1. The fourth-order valence-corrected chi connectivity index (χ4v) is 1.60. The molecule has 1 aromatic carbocycles. The Morgan fingerprint density at radius 3 is 2.56 bits per heavy atom. The molecular weight excluding hydrogens is 228 g/mol. The average Bonchev–Trinajstić information content (AvgIpc) is 2.40. The minimum absolute atomic E-state index is 0.0145. The van der Waals surface area contributed by atoms with Crippen molar-refractivity contribution in [3.05, 3.63) is 60.3 Å². The maximum atomic E-state index is 11.7. The van der Waals surface area contributed by atoms with E-state index in [1.165, 1.54) is 0 Å². The van der Waals surface area contributed by atoms with Crippen LogP contribution in [0.3, 0.4) is 0 Å². The number of anilines is 1. The highest BCUT2D eigenvalue weighted by Gasteiger charge is 2.12. The zero-order chi connectivity index (χ0) is 12.8. The van der Waals surface area contributed by atoms with Gasteiger partial charge in [-0.1, -0.05) is 36.4 Å². The Morgan fingerprint density at radius 1 is 1.17 bits per heavy atom. The van der Waals surface area contributed by atoms with Crippen LogP contribution in [0, 0.1) is 0 Å². The van der Waals surface area contributed by atoms with Crippen molar-refractivity contribution in [1.82, 2.24) is 4.98 Å². The highest BCUT2D eigenvalue weighted by atomic mass is 16.3. The van der Waals surface area contributed by atoms with Gasteiger partial charge >= 0.3 is 0 Å². The molecule has 0 unspecified atom stereocenters. The summed E-state index contributed by atoms with van der Waals surface area (Å²) in [6.45, 7) is 0. The van der Waals surface area contributed by atoms with Crippen LogP contribution in [0.1, 0.15) is 18.1 Å². The summed E-state index contributed by atoms with van der Waals surface area (Å²) < 4.78 is 0. The lowest BCUT2D eigenvalue weighted by molar-refractivity contribution is -0.118. The topological polar surface area (TPSA) is 62.2 Å². The maximum absolute atomic E-state index is 11.7. The molecular formula is C14H14N2O2. The normalized spacial score (nSPS) is 11.8. The number of aliphatic hydroxyl groups excluding tert-OH is 1. The van der Waals surface area contributed by atoms with E-state index < -0.39 is 6.10 Å². The van der Waals surface area contributed by atoms with E-state index in [-0.39, 0.29) is 12.3 Å². The van der Waals surface area contributed by atoms with Gasteiger partial charge in [-0.15, -0.1) is 0 Å². The van der Waals surface area contributed by atoms with Crippen molar-refractivity contribution in [3.8, 4) is 0 Å². The summed E-state index contributed by atoms with van der Waals surface area (Å²) >= 11 is 0. The molecule has 0 saturated carbocycles. The number of carbonyl (C=O) groups excluding carboxylic acids is 1. The van der Waals surface area contributed by atoms with E-state index in [4.69, 9.17) is 0 Å². The van der Waals surface area contributed by atoms with Crippen molar-refractivity contribution >= 4 is 11.7 Å². The van der Waals surface area contributed by atoms with Crippen LogP contribution in [0.15, 0.2) is 54.7 Å². The highest BCUT2D eigenvalue weighted by Crippen LogP contribution is 2.16. The van der Waals surface area contributed by atoms with E-state index in [1.807, 2.05) is 18.2 Å². The van der Waals surface area contributed by atoms with Crippen molar-refractivity contribution in [2.45, 2.75) is 12.5 Å². The number of benzene rings is 1. The molecule has 1 aromatic heterocycles. The van der Waals surface area contributed by atoms with Crippen LogP contribution in [0.5, 0.6) is 0 Å². The van der Waals surface area contributed by atoms with Gasteiger partial charge in [0.05, 0.1) is 12.5 Å². The lowest BCUT2D eigenvalue weighted by Gasteiger charge is -2.10. The van der Waals surface area contributed by atoms with Gasteiger partial charge in [-0.05, 0) is 17.7 Å². The van der Waals surface area contributed by atoms with Crippen LogP contribution in [-0.2, 0) is 4.79 Å². The van der Waals surface area contributed by atoms with Gasteiger partial charge in [-0.3, -0.25) is 4.79 Å². The van der Waals surface area contributed by atoms with Crippen molar-refractivity contribution < 1.29 is 9.90 Å². The van der Waals surface area contributed by atoms with Crippen molar-refractivity contribution in [2.24, 2.45) is 0 Å². The monoisotopic (exact) mass is 242 g/mol. The molecule has 0 fully saturated rings. The molecule has 0 aliphatic rings. The molecule has 1 atom stereocenters. The molecule has 1 heterocycles. The molecule has 0 spiro atoms. The lowest BCUT2D eigenvalue weighted by Crippen LogP contribution is -2.16. The van der Waals surface area contributed by atoms with Crippen LogP contribution in [0.25, 0.3) is 0 Å². The van der Waals surface area contributed by atoms with Crippen LogP contribution in [0.4, 0.5) is 5.82 Å². The number of carbonyl (C=O) groups is 1. The quantitative estimate of drug-likeness (QED) is 0.863. The minimum atomic E-state index is -0.796. The second-order valence-corrected chi connectivity index (χ2v) is 3.89. The van der Waals surface area contributed by atoms with E-state index >= 15 is 0 Å². The fraction of sp³-hybridized carbons (Fsp3) is 0.143. The summed E-state index contributed by atoms with van der Waals surface area (Å²) in [6, 6.07) is 14.4. The number of nitrogens with zero attached hydrogens (tertiary/aromatic N) is 1. The van der Waals surface area contributed by atoms with Gasteiger partial charge in [0.25, 0.3) is 0 Å². The van der Waals surface area contributed by atoms with E-state index in [2.05, 4.69) is 10.3 Å². The first-order valence-corrected chi connectivity index (χ1v) is 5.69. The third-order valence-electron chi connectivity index (χ3n) is 2.50.